The largest absolute Gasteiger partial charge is 0.393 e. The molecule has 0 amide bonds. The molecular weight excluding hydrogens is 372 g/mol. The topological polar surface area (TPSA) is 60.7 Å². The lowest BCUT2D eigenvalue weighted by atomic mass is 9.60. The fraction of sp³-hybridized carbons (Fsp3) is 0.778. The summed E-state index contributed by atoms with van der Waals surface area (Å²) in [5.74, 6) is 2.66. The number of hydrogen-bond donors (Lipinski definition) is 3. The minimum Gasteiger partial charge on any atom is -0.393 e. The molecule has 4 aliphatic carbocycles. The van der Waals surface area contributed by atoms with Crippen LogP contribution in [0.15, 0.2) is 35.5 Å². The van der Waals surface area contributed by atoms with Crippen LogP contribution in [0.2, 0.25) is 0 Å². The van der Waals surface area contributed by atoms with Crippen molar-refractivity contribution in [3.05, 3.63) is 35.5 Å². The SMILES string of the molecule is C=C1/C(=C\C=C2/CCCC3(C)C2CC[C@@H]3[C@H](C)CC[C@H](O)C2CC2)C[C@@H](O)C[C@@H]1O. The van der Waals surface area contributed by atoms with Gasteiger partial charge in [0, 0.05) is 6.42 Å². The number of fused-ring (bicyclic) bond motifs is 1. The Morgan fingerprint density at radius 1 is 1.13 bits per heavy atom. The van der Waals surface area contributed by atoms with E-state index < -0.39 is 12.2 Å². The van der Waals surface area contributed by atoms with E-state index in [1.165, 1.54) is 44.9 Å². The summed E-state index contributed by atoms with van der Waals surface area (Å²) in [6.07, 6.45) is 15.2. The molecule has 0 aromatic rings. The van der Waals surface area contributed by atoms with Crippen molar-refractivity contribution in [3.63, 3.8) is 0 Å². The molecule has 3 heteroatoms. The van der Waals surface area contributed by atoms with Crippen LogP contribution in [0.3, 0.4) is 0 Å². The molecule has 4 fully saturated rings. The van der Waals surface area contributed by atoms with Gasteiger partial charge in [-0.3, -0.25) is 0 Å². The summed E-state index contributed by atoms with van der Waals surface area (Å²) in [7, 11) is 0. The van der Waals surface area contributed by atoms with E-state index in [0.29, 0.717) is 36.0 Å². The predicted molar refractivity (Wildman–Crippen MR) is 122 cm³/mol. The Labute approximate surface area is 183 Å². The molecule has 0 aliphatic heterocycles. The van der Waals surface area contributed by atoms with Crippen molar-refractivity contribution in [2.24, 2.45) is 29.1 Å². The van der Waals surface area contributed by atoms with Gasteiger partial charge in [-0.2, -0.15) is 0 Å². The highest BCUT2D eigenvalue weighted by Gasteiger charge is 2.50. The van der Waals surface area contributed by atoms with Gasteiger partial charge < -0.3 is 15.3 Å². The van der Waals surface area contributed by atoms with Gasteiger partial charge >= 0.3 is 0 Å². The van der Waals surface area contributed by atoms with E-state index in [4.69, 9.17) is 0 Å². The quantitative estimate of drug-likeness (QED) is 0.552. The van der Waals surface area contributed by atoms with Crippen LogP contribution >= 0.6 is 0 Å². The summed E-state index contributed by atoms with van der Waals surface area (Å²) < 4.78 is 0. The van der Waals surface area contributed by atoms with Gasteiger partial charge in [-0.05, 0) is 104 Å². The summed E-state index contributed by atoms with van der Waals surface area (Å²) in [5, 5.41) is 30.5. The third-order valence-electron chi connectivity index (χ3n) is 9.07. The van der Waals surface area contributed by atoms with Crippen molar-refractivity contribution < 1.29 is 15.3 Å². The zero-order valence-electron chi connectivity index (χ0n) is 19.0. The van der Waals surface area contributed by atoms with Crippen molar-refractivity contribution in [3.8, 4) is 0 Å². The lowest BCUT2D eigenvalue weighted by molar-refractivity contribution is 0.0784. The molecule has 3 nitrogen and oxygen atoms in total. The van der Waals surface area contributed by atoms with Crippen molar-refractivity contribution in [2.75, 3.05) is 0 Å². The third-order valence-corrected chi connectivity index (χ3v) is 9.07. The minimum atomic E-state index is -0.613. The maximum absolute atomic E-state index is 10.3. The van der Waals surface area contributed by atoms with Gasteiger partial charge in [0.05, 0.1) is 18.3 Å². The first-order valence-corrected chi connectivity index (χ1v) is 12.4. The Morgan fingerprint density at radius 2 is 1.90 bits per heavy atom. The van der Waals surface area contributed by atoms with Crippen molar-refractivity contribution in [1.29, 1.82) is 0 Å². The molecule has 0 saturated heterocycles. The van der Waals surface area contributed by atoms with E-state index in [-0.39, 0.29) is 6.10 Å². The summed E-state index contributed by atoms with van der Waals surface area (Å²) in [4.78, 5) is 0. The third kappa shape index (κ3) is 4.49. The number of aliphatic hydroxyl groups excluding tert-OH is 3. The Kier molecular flexibility index (Phi) is 6.63. The summed E-state index contributed by atoms with van der Waals surface area (Å²) in [6, 6.07) is 0. The van der Waals surface area contributed by atoms with Gasteiger partial charge in [0.15, 0.2) is 0 Å². The van der Waals surface area contributed by atoms with Crippen LogP contribution in [-0.2, 0) is 0 Å². The second kappa shape index (κ2) is 8.92. The molecule has 3 N–H and O–H groups in total. The summed E-state index contributed by atoms with van der Waals surface area (Å²) in [6.45, 7) is 9.01. The van der Waals surface area contributed by atoms with Crippen LogP contribution in [0.4, 0.5) is 0 Å². The van der Waals surface area contributed by atoms with E-state index in [1.807, 2.05) is 0 Å². The smallest absolute Gasteiger partial charge is 0.0811 e. The average molecular weight is 415 g/mol. The maximum Gasteiger partial charge on any atom is 0.0811 e. The van der Waals surface area contributed by atoms with Gasteiger partial charge in [-0.25, -0.2) is 0 Å². The van der Waals surface area contributed by atoms with Gasteiger partial charge in [0.25, 0.3) is 0 Å². The van der Waals surface area contributed by atoms with Gasteiger partial charge in [0.2, 0.25) is 0 Å². The van der Waals surface area contributed by atoms with E-state index in [1.54, 1.807) is 5.57 Å². The molecule has 2 unspecified atom stereocenters. The fourth-order valence-electron chi connectivity index (χ4n) is 7.03. The molecule has 7 atom stereocenters. The second-order valence-electron chi connectivity index (χ2n) is 11.1. The molecule has 0 aromatic heterocycles. The molecule has 0 heterocycles. The van der Waals surface area contributed by atoms with Crippen molar-refractivity contribution >= 4 is 0 Å². The molecule has 0 spiro atoms. The number of rotatable bonds is 6. The molecule has 4 aliphatic rings. The average Bonchev–Trinajstić information content (AvgIpc) is 3.49. The highest BCUT2D eigenvalue weighted by atomic mass is 16.3. The molecular formula is C27H42O3. The lowest BCUT2D eigenvalue weighted by Gasteiger charge is -2.44. The van der Waals surface area contributed by atoms with Crippen LogP contribution in [-0.4, -0.2) is 33.6 Å². The van der Waals surface area contributed by atoms with Crippen LogP contribution < -0.4 is 0 Å². The summed E-state index contributed by atoms with van der Waals surface area (Å²) in [5.41, 5.74) is 3.72. The van der Waals surface area contributed by atoms with Crippen molar-refractivity contribution in [1.82, 2.24) is 0 Å². The molecule has 0 bridgehead atoms. The molecule has 0 radical (unpaired) electrons. The number of aliphatic hydroxyl groups is 3. The number of allylic oxidation sites excluding steroid dienone is 3. The minimum absolute atomic E-state index is 0.0693. The van der Waals surface area contributed by atoms with Crippen LogP contribution in [0, 0.1) is 29.1 Å². The highest BCUT2D eigenvalue weighted by Crippen LogP contribution is 2.60. The molecule has 0 aromatic carbocycles. The first-order valence-electron chi connectivity index (χ1n) is 12.4. The fourth-order valence-corrected chi connectivity index (χ4v) is 7.03. The van der Waals surface area contributed by atoms with Crippen LogP contribution in [0.1, 0.15) is 84.5 Å². The molecule has 168 valence electrons. The number of hydrogen-bond acceptors (Lipinski definition) is 3. The zero-order valence-corrected chi connectivity index (χ0v) is 19.0. The lowest BCUT2D eigenvalue weighted by Crippen LogP contribution is -2.36. The monoisotopic (exact) mass is 414 g/mol. The predicted octanol–water partition coefficient (Wildman–Crippen LogP) is 5.31. The Hall–Kier alpha value is -0.900. The Morgan fingerprint density at radius 3 is 2.63 bits per heavy atom. The summed E-state index contributed by atoms with van der Waals surface area (Å²) >= 11 is 0. The van der Waals surface area contributed by atoms with Crippen LogP contribution in [0.25, 0.3) is 0 Å². The van der Waals surface area contributed by atoms with Gasteiger partial charge in [0.1, 0.15) is 0 Å². The van der Waals surface area contributed by atoms with E-state index >= 15 is 0 Å². The normalized spacial score (nSPS) is 41.8. The zero-order chi connectivity index (χ0) is 21.5. The van der Waals surface area contributed by atoms with E-state index in [0.717, 1.165) is 29.9 Å². The Balaban J connectivity index is 1.44. The van der Waals surface area contributed by atoms with Gasteiger partial charge in [-0.1, -0.05) is 38.2 Å². The first kappa shape index (κ1) is 22.3. The van der Waals surface area contributed by atoms with E-state index in [9.17, 15) is 15.3 Å². The molecule has 30 heavy (non-hydrogen) atoms. The van der Waals surface area contributed by atoms with Crippen molar-refractivity contribution in [2.45, 2.75) is 103 Å². The van der Waals surface area contributed by atoms with E-state index in [2.05, 4.69) is 32.6 Å². The van der Waals surface area contributed by atoms with Gasteiger partial charge in [-0.15, -0.1) is 0 Å². The standard InChI is InChI=1S/C27H42O3/c1-17(6-13-25(29)20-8-9-20)23-11-12-24-19(5-4-14-27(23,24)3)7-10-21-15-22(28)16-26(30)18(21)2/h7,10,17,20,22-26,28-30H,2,4-6,8-9,11-16H2,1,3H3/b19-7+,21-10-/t17-,22-,23-,24?,25+,26+,27?/m1/s1. The first-order chi connectivity index (χ1) is 14.3. The van der Waals surface area contributed by atoms with Crippen LogP contribution in [0.5, 0.6) is 0 Å². The maximum atomic E-state index is 10.3. The second-order valence-corrected chi connectivity index (χ2v) is 11.1. The molecule has 4 saturated carbocycles. The molecule has 4 rings (SSSR count). The Bertz CT molecular complexity index is 703. The highest BCUT2D eigenvalue weighted by molar-refractivity contribution is 5.38.